The van der Waals surface area contributed by atoms with Crippen molar-refractivity contribution < 1.29 is 0 Å². The summed E-state index contributed by atoms with van der Waals surface area (Å²) in [6, 6.07) is 94.6. The molecule has 0 unspecified atom stereocenters. The van der Waals surface area contributed by atoms with Gasteiger partial charge >= 0.3 is 0 Å². The van der Waals surface area contributed by atoms with Gasteiger partial charge in [0.05, 0.1) is 0 Å². The van der Waals surface area contributed by atoms with Gasteiger partial charge in [-0.05, 0) is 137 Å². The van der Waals surface area contributed by atoms with Crippen molar-refractivity contribution in [1.82, 2.24) is 0 Å². The lowest BCUT2D eigenvalue weighted by Gasteiger charge is -2.26. The van der Waals surface area contributed by atoms with Crippen molar-refractivity contribution in [2.45, 2.75) is 0 Å². The molecule has 11 rings (SSSR count). The van der Waals surface area contributed by atoms with Crippen LogP contribution < -0.4 is 4.90 Å². The molecule has 0 aromatic heterocycles. The predicted octanol–water partition coefficient (Wildman–Crippen LogP) is 17.5. The van der Waals surface area contributed by atoms with E-state index >= 15 is 0 Å². The zero-order valence-corrected chi connectivity index (χ0v) is 34.8. The molecule has 0 fully saturated rings. The number of para-hydroxylation sites is 1. The molecular formula is C62H43N. The Labute approximate surface area is 369 Å². The first-order chi connectivity index (χ1) is 31.3. The molecule has 0 aliphatic carbocycles. The molecule has 11 aromatic carbocycles. The van der Waals surface area contributed by atoms with E-state index in [2.05, 4.69) is 266 Å². The fraction of sp³-hybridized carbons (Fsp3) is 0. The quantitative estimate of drug-likeness (QED) is 0.141. The maximum absolute atomic E-state index is 2.43. The highest BCUT2D eigenvalue weighted by atomic mass is 15.1. The Bertz CT molecular complexity index is 3330. The van der Waals surface area contributed by atoms with Crippen LogP contribution >= 0.6 is 0 Å². The molecule has 296 valence electrons. The van der Waals surface area contributed by atoms with Crippen LogP contribution in [0.15, 0.2) is 261 Å². The summed E-state index contributed by atoms with van der Waals surface area (Å²) >= 11 is 0. The lowest BCUT2D eigenvalue weighted by Crippen LogP contribution is -2.09. The van der Waals surface area contributed by atoms with E-state index in [0.29, 0.717) is 0 Å². The van der Waals surface area contributed by atoms with E-state index in [1.807, 2.05) is 0 Å². The summed E-state index contributed by atoms with van der Waals surface area (Å²) in [5.41, 5.74) is 17.9. The smallest absolute Gasteiger partial charge is 0.0468 e. The van der Waals surface area contributed by atoms with Gasteiger partial charge in [-0.1, -0.05) is 212 Å². The van der Waals surface area contributed by atoms with Gasteiger partial charge in [0, 0.05) is 17.1 Å². The molecule has 0 radical (unpaired) electrons. The second kappa shape index (κ2) is 16.7. The molecule has 63 heavy (non-hydrogen) atoms. The largest absolute Gasteiger partial charge is 0.310 e. The Morgan fingerprint density at radius 3 is 1.08 bits per heavy atom. The molecule has 11 aromatic rings. The minimum absolute atomic E-state index is 1.11. The van der Waals surface area contributed by atoms with Crippen LogP contribution in [0.4, 0.5) is 17.1 Å². The van der Waals surface area contributed by atoms with Gasteiger partial charge in [0.1, 0.15) is 0 Å². The Hall–Kier alpha value is -8.26. The molecule has 0 amide bonds. The Balaban J connectivity index is 1.08. The average Bonchev–Trinajstić information content (AvgIpc) is 3.37. The number of rotatable bonds is 9. The highest BCUT2D eigenvalue weighted by Crippen LogP contribution is 2.51. The molecule has 0 heterocycles. The number of fused-ring (bicyclic) bond motifs is 2. The first kappa shape index (κ1) is 37.7. The van der Waals surface area contributed by atoms with Crippen molar-refractivity contribution in [3.63, 3.8) is 0 Å². The summed E-state index contributed by atoms with van der Waals surface area (Å²) < 4.78 is 0. The molecule has 0 aliphatic heterocycles. The maximum Gasteiger partial charge on any atom is 0.0468 e. The van der Waals surface area contributed by atoms with Crippen LogP contribution in [0, 0.1) is 0 Å². The first-order valence-corrected chi connectivity index (χ1v) is 21.7. The monoisotopic (exact) mass is 801 g/mol. The normalized spacial score (nSPS) is 11.2. The van der Waals surface area contributed by atoms with Crippen LogP contribution in [0.5, 0.6) is 0 Å². The van der Waals surface area contributed by atoms with Gasteiger partial charge in [0.2, 0.25) is 0 Å². The summed E-state index contributed by atoms with van der Waals surface area (Å²) in [7, 11) is 0. The number of hydrogen-bond donors (Lipinski definition) is 0. The third kappa shape index (κ3) is 7.26. The van der Waals surface area contributed by atoms with Crippen molar-refractivity contribution in [3.05, 3.63) is 261 Å². The minimum atomic E-state index is 1.11. The molecule has 0 aliphatic rings. The van der Waals surface area contributed by atoms with Crippen molar-refractivity contribution in [2.24, 2.45) is 0 Å². The predicted molar refractivity (Wildman–Crippen MR) is 269 cm³/mol. The van der Waals surface area contributed by atoms with E-state index in [4.69, 9.17) is 0 Å². The molecule has 1 nitrogen and oxygen atoms in total. The lowest BCUT2D eigenvalue weighted by atomic mass is 9.78. The van der Waals surface area contributed by atoms with Gasteiger partial charge in [-0.15, -0.1) is 0 Å². The van der Waals surface area contributed by atoms with Crippen LogP contribution in [-0.2, 0) is 0 Å². The fourth-order valence-corrected chi connectivity index (χ4v) is 9.27. The SMILES string of the molecule is c1ccc(-c2ccc(N(c3ccccc3)c3ccc4cc(-c5ccc6c(-c7ccccc7)c(-c7ccccc7)c(-c7ccccc7)c(-c7ccccc7)c6c5)ccc4c3)cc2)cc1. The van der Waals surface area contributed by atoms with Crippen molar-refractivity contribution in [2.75, 3.05) is 4.90 Å². The van der Waals surface area contributed by atoms with Crippen LogP contribution in [0.25, 0.3) is 88.3 Å². The minimum Gasteiger partial charge on any atom is -0.310 e. The zero-order chi connectivity index (χ0) is 42.0. The zero-order valence-electron chi connectivity index (χ0n) is 34.8. The number of nitrogens with zero attached hydrogens (tertiary/aromatic N) is 1. The van der Waals surface area contributed by atoms with Crippen LogP contribution in [-0.4, -0.2) is 0 Å². The van der Waals surface area contributed by atoms with Crippen molar-refractivity contribution in [1.29, 1.82) is 0 Å². The molecule has 0 saturated carbocycles. The second-order valence-electron chi connectivity index (χ2n) is 16.1. The molecule has 0 atom stereocenters. The summed E-state index contributed by atoms with van der Waals surface area (Å²) in [6.07, 6.45) is 0. The van der Waals surface area contributed by atoms with E-state index in [1.54, 1.807) is 0 Å². The standard InChI is InChI=1S/C62H43N/c1-7-19-44(20-8-1)45-33-37-55(38-34-45)63(54-29-17-6-18-30-54)56-39-35-51-41-50(31-32-52(51)42-56)53-36-40-57-58(43-53)60(47-23-11-3-12-24-47)62(49-27-15-5-16-28-49)61(48-25-13-4-14-26-48)59(57)46-21-9-2-10-22-46/h1-43H. The van der Waals surface area contributed by atoms with E-state index in [9.17, 15) is 0 Å². The van der Waals surface area contributed by atoms with E-state index < -0.39 is 0 Å². The van der Waals surface area contributed by atoms with Crippen LogP contribution in [0.3, 0.4) is 0 Å². The number of anilines is 3. The van der Waals surface area contributed by atoms with Crippen molar-refractivity contribution >= 4 is 38.6 Å². The molecular weight excluding hydrogens is 759 g/mol. The lowest BCUT2D eigenvalue weighted by molar-refractivity contribution is 1.29. The van der Waals surface area contributed by atoms with E-state index in [1.165, 1.54) is 88.3 Å². The molecule has 0 spiro atoms. The summed E-state index contributed by atoms with van der Waals surface area (Å²) in [4.78, 5) is 2.34. The highest BCUT2D eigenvalue weighted by molar-refractivity contribution is 6.19. The second-order valence-corrected chi connectivity index (χ2v) is 16.1. The molecule has 0 saturated heterocycles. The van der Waals surface area contributed by atoms with Gasteiger partial charge < -0.3 is 4.90 Å². The fourth-order valence-electron chi connectivity index (χ4n) is 9.27. The molecule has 1 heteroatoms. The number of benzene rings is 11. The topological polar surface area (TPSA) is 3.24 Å². The third-order valence-electron chi connectivity index (χ3n) is 12.2. The van der Waals surface area contributed by atoms with Gasteiger partial charge in [-0.3, -0.25) is 0 Å². The van der Waals surface area contributed by atoms with Gasteiger partial charge in [0.25, 0.3) is 0 Å². The number of hydrogen-bond acceptors (Lipinski definition) is 1. The average molecular weight is 802 g/mol. The maximum atomic E-state index is 2.43. The van der Waals surface area contributed by atoms with E-state index in [-0.39, 0.29) is 0 Å². The Morgan fingerprint density at radius 1 is 0.190 bits per heavy atom. The highest BCUT2D eigenvalue weighted by Gasteiger charge is 2.24. The molecule has 0 bridgehead atoms. The Kier molecular flexibility index (Phi) is 9.97. The first-order valence-electron chi connectivity index (χ1n) is 21.7. The summed E-state index contributed by atoms with van der Waals surface area (Å²) in [6.45, 7) is 0. The summed E-state index contributed by atoms with van der Waals surface area (Å²) in [5.74, 6) is 0. The van der Waals surface area contributed by atoms with Crippen LogP contribution in [0.2, 0.25) is 0 Å². The van der Waals surface area contributed by atoms with E-state index in [0.717, 1.165) is 17.1 Å². The summed E-state index contributed by atoms with van der Waals surface area (Å²) in [5, 5.41) is 4.84. The van der Waals surface area contributed by atoms with Gasteiger partial charge in [0.15, 0.2) is 0 Å². The third-order valence-corrected chi connectivity index (χ3v) is 12.2. The van der Waals surface area contributed by atoms with Gasteiger partial charge in [-0.25, -0.2) is 0 Å². The van der Waals surface area contributed by atoms with Crippen LogP contribution in [0.1, 0.15) is 0 Å². The van der Waals surface area contributed by atoms with Gasteiger partial charge in [-0.2, -0.15) is 0 Å². The van der Waals surface area contributed by atoms with Crippen molar-refractivity contribution in [3.8, 4) is 66.8 Å². The Morgan fingerprint density at radius 2 is 0.540 bits per heavy atom. The molecule has 0 N–H and O–H groups in total.